The average molecular weight is 274 g/mol. The van der Waals surface area contributed by atoms with Crippen LogP contribution in [0.3, 0.4) is 0 Å². The summed E-state index contributed by atoms with van der Waals surface area (Å²) in [4.78, 5) is 13.9. The van der Waals surface area contributed by atoms with Crippen molar-refractivity contribution in [2.24, 2.45) is 0 Å². The van der Waals surface area contributed by atoms with Crippen LogP contribution in [0, 0.1) is 13.8 Å². The van der Waals surface area contributed by atoms with E-state index in [1.807, 2.05) is 4.90 Å². The number of rotatable bonds is 4. The molecule has 1 heterocycles. The summed E-state index contributed by atoms with van der Waals surface area (Å²) >= 11 is 0. The van der Waals surface area contributed by atoms with E-state index in [0.29, 0.717) is 0 Å². The lowest BCUT2D eigenvalue weighted by molar-refractivity contribution is 0.186. The topological polar surface area (TPSA) is 32.3 Å². The van der Waals surface area contributed by atoms with Gasteiger partial charge in [-0.25, -0.2) is 4.79 Å². The summed E-state index contributed by atoms with van der Waals surface area (Å²) in [5.74, 6) is 0. The van der Waals surface area contributed by atoms with Crippen LogP contribution in [0.15, 0.2) is 18.2 Å². The van der Waals surface area contributed by atoms with Crippen molar-refractivity contribution >= 4 is 6.03 Å². The molecule has 20 heavy (non-hydrogen) atoms. The number of hydrogen-bond donors (Lipinski definition) is 1. The van der Waals surface area contributed by atoms with Crippen molar-refractivity contribution in [3.63, 3.8) is 0 Å². The highest BCUT2D eigenvalue weighted by Crippen LogP contribution is 2.15. The number of piperidine rings is 1. The van der Waals surface area contributed by atoms with Crippen LogP contribution in [0.5, 0.6) is 0 Å². The van der Waals surface area contributed by atoms with Gasteiger partial charge in [0.2, 0.25) is 0 Å². The zero-order valence-corrected chi connectivity index (χ0v) is 12.7. The predicted octanol–water partition coefficient (Wildman–Crippen LogP) is 3.43. The average Bonchev–Trinajstić information content (AvgIpc) is 2.46. The Labute approximate surface area is 122 Å². The first-order chi connectivity index (χ1) is 9.68. The molecule has 0 spiro atoms. The second-order valence-electron chi connectivity index (χ2n) is 5.75. The van der Waals surface area contributed by atoms with Crippen molar-refractivity contribution in [1.82, 2.24) is 10.2 Å². The number of aryl methyl sites for hydroxylation is 2. The van der Waals surface area contributed by atoms with Gasteiger partial charge >= 0.3 is 6.03 Å². The molecule has 0 atom stereocenters. The Balaban J connectivity index is 1.72. The number of hydrogen-bond acceptors (Lipinski definition) is 1. The van der Waals surface area contributed by atoms with E-state index in [0.717, 1.165) is 45.3 Å². The zero-order valence-electron chi connectivity index (χ0n) is 12.7. The van der Waals surface area contributed by atoms with Crippen LogP contribution < -0.4 is 5.32 Å². The van der Waals surface area contributed by atoms with E-state index < -0.39 is 0 Å². The van der Waals surface area contributed by atoms with E-state index in [1.165, 1.54) is 23.1 Å². The molecule has 0 unspecified atom stereocenters. The van der Waals surface area contributed by atoms with Gasteiger partial charge in [0.1, 0.15) is 0 Å². The minimum Gasteiger partial charge on any atom is -0.338 e. The standard InChI is InChI=1S/C17H26N2O/c1-14-8-6-9-15(2)16(14)10-7-11-18-17(20)19-12-4-3-5-13-19/h6,8-9H,3-5,7,10-13H2,1-2H3,(H,18,20). The van der Waals surface area contributed by atoms with Crippen LogP contribution in [-0.2, 0) is 6.42 Å². The van der Waals surface area contributed by atoms with Gasteiger partial charge in [-0.2, -0.15) is 0 Å². The van der Waals surface area contributed by atoms with Crippen LogP contribution in [0.2, 0.25) is 0 Å². The number of likely N-dealkylation sites (tertiary alicyclic amines) is 1. The molecule has 1 aliphatic heterocycles. The highest BCUT2D eigenvalue weighted by molar-refractivity contribution is 5.74. The molecule has 1 N–H and O–H groups in total. The fraction of sp³-hybridized carbons (Fsp3) is 0.588. The predicted molar refractivity (Wildman–Crippen MR) is 83.1 cm³/mol. The lowest BCUT2D eigenvalue weighted by Crippen LogP contribution is -2.43. The molecule has 1 aromatic rings. The van der Waals surface area contributed by atoms with Crippen molar-refractivity contribution in [3.8, 4) is 0 Å². The first kappa shape index (κ1) is 14.9. The summed E-state index contributed by atoms with van der Waals surface area (Å²) in [6, 6.07) is 6.54. The van der Waals surface area contributed by atoms with Crippen LogP contribution >= 0.6 is 0 Å². The molecular weight excluding hydrogens is 248 g/mol. The number of urea groups is 1. The van der Waals surface area contributed by atoms with Crippen molar-refractivity contribution in [3.05, 3.63) is 34.9 Å². The maximum absolute atomic E-state index is 12.0. The summed E-state index contributed by atoms with van der Waals surface area (Å²) in [5, 5.41) is 3.05. The van der Waals surface area contributed by atoms with E-state index in [1.54, 1.807) is 0 Å². The Morgan fingerprint density at radius 2 is 1.80 bits per heavy atom. The van der Waals surface area contributed by atoms with Gasteiger partial charge in [-0.15, -0.1) is 0 Å². The fourth-order valence-corrected chi connectivity index (χ4v) is 2.91. The maximum atomic E-state index is 12.0. The number of amides is 2. The summed E-state index contributed by atoms with van der Waals surface area (Å²) in [5.41, 5.74) is 4.14. The minimum absolute atomic E-state index is 0.117. The number of nitrogens with zero attached hydrogens (tertiary/aromatic N) is 1. The first-order valence-electron chi connectivity index (χ1n) is 7.76. The van der Waals surface area contributed by atoms with Crippen LogP contribution in [0.1, 0.15) is 42.4 Å². The second kappa shape index (κ2) is 7.32. The van der Waals surface area contributed by atoms with Gasteiger partial charge in [0.15, 0.2) is 0 Å². The molecule has 110 valence electrons. The fourth-order valence-electron chi connectivity index (χ4n) is 2.91. The van der Waals surface area contributed by atoms with Gasteiger partial charge in [-0.3, -0.25) is 0 Å². The first-order valence-corrected chi connectivity index (χ1v) is 7.76. The quantitative estimate of drug-likeness (QED) is 0.838. The Bertz CT molecular complexity index is 430. The van der Waals surface area contributed by atoms with E-state index in [4.69, 9.17) is 0 Å². The lowest BCUT2D eigenvalue weighted by atomic mass is 9.99. The highest BCUT2D eigenvalue weighted by atomic mass is 16.2. The van der Waals surface area contributed by atoms with Crippen LogP contribution in [0.4, 0.5) is 4.79 Å². The number of carbonyl (C=O) groups is 1. The highest BCUT2D eigenvalue weighted by Gasteiger charge is 2.15. The minimum atomic E-state index is 0.117. The normalized spacial score (nSPS) is 15.2. The molecular formula is C17H26N2O. The third-order valence-electron chi connectivity index (χ3n) is 4.17. The van der Waals surface area contributed by atoms with E-state index in [-0.39, 0.29) is 6.03 Å². The largest absolute Gasteiger partial charge is 0.338 e. The summed E-state index contributed by atoms with van der Waals surface area (Å²) in [7, 11) is 0. The monoisotopic (exact) mass is 274 g/mol. The third-order valence-corrected chi connectivity index (χ3v) is 4.17. The van der Waals surface area contributed by atoms with E-state index >= 15 is 0 Å². The van der Waals surface area contributed by atoms with Crippen molar-refractivity contribution < 1.29 is 4.79 Å². The second-order valence-corrected chi connectivity index (χ2v) is 5.75. The molecule has 1 aromatic carbocycles. The third kappa shape index (κ3) is 3.99. The molecule has 3 nitrogen and oxygen atoms in total. The molecule has 1 aliphatic rings. The van der Waals surface area contributed by atoms with Gasteiger partial charge in [-0.05, 0) is 62.6 Å². The number of carbonyl (C=O) groups excluding carboxylic acids is 1. The van der Waals surface area contributed by atoms with Gasteiger partial charge in [0, 0.05) is 19.6 Å². The van der Waals surface area contributed by atoms with Crippen LogP contribution in [0.25, 0.3) is 0 Å². The molecule has 0 aliphatic carbocycles. The Kier molecular flexibility index (Phi) is 5.45. The van der Waals surface area contributed by atoms with E-state index in [9.17, 15) is 4.79 Å². The Morgan fingerprint density at radius 1 is 1.15 bits per heavy atom. The van der Waals surface area contributed by atoms with Gasteiger partial charge in [0.25, 0.3) is 0 Å². The number of nitrogens with one attached hydrogen (secondary N) is 1. The number of benzene rings is 1. The van der Waals surface area contributed by atoms with Crippen molar-refractivity contribution in [2.75, 3.05) is 19.6 Å². The van der Waals surface area contributed by atoms with Crippen LogP contribution in [-0.4, -0.2) is 30.6 Å². The summed E-state index contributed by atoms with van der Waals surface area (Å²) in [6.45, 7) is 6.93. The zero-order chi connectivity index (χ0) is 14.4. The Morgan fingerprint density at radius 3 is 2.45 bits per heavy atom. The maximum Gasteiger partial charge on any atom is 0.317 e. The molecule has 1 fully saturated rings. The molecule has 0 radical (unpaired) electrons. The molecule has 2 amide bonds. The molecule has 0 aromatic heterocycles. The van der Waals surface area contributed by atoms with Crippen molar-refractivity contribution in [1.29, 1.82) is 0 Å². The molecule has 1 saturated heterocycles. The molecule has 2 rings (SSSR count). The van der Waals surface area contributed by atoms with Gasteiger partial charge < -0.3 is 10.2 Å². The molecule has 0 bridgehead atoms. The smallest absolute Gasteiger partial charge is 0.317 e. The van der Waals surface area contributed by atoms with Crippen molar-refractivity contribution in [2.45, 2.75) is 46.0 Å². The SMILES string of the molecule is Cc1cccc(C)c1CCCNC(=O)N1CCCCC1. The van der Waals surface area contributed by atoms with Gasteiger partial charge in [0.05, 0.1) is 0 Å². The summed E-state index contributed by atoms with van der Waals surface area (Å²) < 4.78 is 0. The molecule has 0 saturated carbocycles. The molecule has 3 heteroatoms. The van der Waals surface area contributed by atoms with Gasteiger partial charge in [-0.1, -0.05) is 18.2 Å². The Hall–Kier alpha value is -1.51. The van der Waals surface area contributed by atoms with E-state index in [2.05, 4.69) is 37.4 Å². The lowest BCUT2D eigenvalue weighted by Gasteiger charge is -2.26. The summed E-state index contributed by atoms with van der Waals surface area (Å²) in [6.07, 6.45) is 5.60.